The van der Waals surface area contributed by atoms with E-state index in [0.29, 0.717) is 11.9 Å². The second-order valence-electron chi connectivity index (χ2n) is 4.61. The van der Waals surface area contributed by atoms with Crippen molar-refractivity contribution >= 4 is 23.5 Å². The Kier molecular flexibility index (Phi) is 8.89. The van der Waals surface area contributed by atoms with E-state index >= 15 is 0 Å². The Bertz CT molecular complexity index is 164. The Hall–Kier alpha value is 0.660. The van der Waals surface area contributed by atoms with E-state index in [9.17, 15) is 0 Å². The number of unbranched alkanes of at least 4 members (excludes halogenated alkanes) is 6. The molecular formula is C13H26OS2. The molecule has 1 heterocycles. The monoisotopic (exact) mass is 262 g/mol. The van der Waals surface area contributed by atoms with Gasteiger partial charge in [-0.15, -0.1) is 23.5 Å². The van der Waals surface area contributed by atoms with Crippen LogP contribution in [-0.4, -0.2) is 27.3 Å². The summed E-state index contributed by atoms with van der Waals surface area (Å²) in [6.45, 7) is 2.64. The van der Waals surface area contributed by atoms with Crippen LogP contribution in [0.4, 0.5) is 0 Å². The Labute approximate surface area is 109 Å². The predicted molar refractivity (Wildman–Crippen MR) is 77.3 cm³/mol. The second kappa shape index (κ2) is 9.67. The highest BCUT2D eigenvalue weighted by Gasteiger charge is 2.24. The molecule has 96 valence electrons. The third-order valence-corrected chi connectivity index (χ3v) is 6.45. The first-order valence-electron chi connectivity index (χ1n) is 6.74. The first-order valence-corrected chi connectivity index (χ1v) is 8.74. The molecule has 0 unspecified atom stereocenters. The van der Waals surface area contributed by atoms with Gasteiger partial charge in [0.05, 0.1) is 11.2 Å². The fourth-order valence-electron chi connectivity index (χ4n) is 2.02. The third kappa shape index (κ3) is 6.41. The summed E-state index contributed by atoms with van der Waals surface area (Å²) in [6, 6.07) is 0. The molecule has 16 heavy (non-hydrogen) atoms. The maximum Gasteiger partial charge on any atom is 0.0558 e. The Balaban J connectivity index is 1.84. The molecule has 0 radical (unpaired) electrons. The minimum Gasteiger partial charge on any atom is -0.395 e. The largest absolute Gasteiger partial charge is 0.395 e. The highest BCUT2D eigenvalue weighted by atomic mass is 32.2. The standard InChI is InChI=1S/C13H26OS2/c1-2-3-4-5-6-7-8-9-13-15-11-12(10-14)16-13/h12-14H,2-11H2,1H3/t12-,13-/m1/s1. The molecular weight excluding hydrogens is 236 g/mol. The zero-order valence-electron chi connectivity index (χ0n) is 10.5. The summed E-state index contributed by atoms with van der Waals surface area (Å²) in [5.41, 5.74) is 0. The van der Waals surface area contributed by atoms with Crippen molar-refractivity contribution < 1.29 is 5.11 Å². The molecule has 1 nitrogen and oxygen atoms in total. The average molecular weight is 262 g/mol. The van der Waals surface area contributed by atoms with Gasteiger partial charge in [-0.05, 0) is 6.42 Å². The van der Waals surface area contributed by atoms with Crippen molar-refractivity contribution in [3.63, 3.8) is 0 Å². The van der Waals surface area contributed by atoms with E-state index in [4.69, 9.17) is 5.11 Å². The maximum atomic E-state index is 9.04. The van der Waals surface area contributed by atoms with E-state index in [0.717, 1.165) is 10.3 Å². The van der Waals surface area contributed by atoms with Gasteiger partial charge in [-0.25, -0.2) is 0 Å². The zero-order chi connectivity index (χ0) is 11.6. The fraction of sp³-hybridized carbons (Fsp3) is 1.00. The lowest BCUT2D eigenvalue weighted by atomic mass is 10.1. The van der Waals surface area contributed by atoms with Gasteiger partial charge < -0.3 is 5.11 Å². The summed E-state index contributed by atoms with van der Waals surface area (Å²) in [5.74, 6) is 1.16. The molecule has 1 fully saturated rings. The Morgan fingerprint density at radius 2 is 1.75 bits per heavy atom. The molecule has 0 aromatic rings. The molecule has 0 bridgehead atoms. The van der Waals surface area contributed by atoms with Crippen LogP contribution >= 0.6 is 23.5 Å². The summed E-state index contributed by atoms with van der Waals surface area (Å²) in [7, 11) is 0. The first kappa shape index (κ1) is 14.7. The molecule has 0 aliphatic carbocycles. The van der Waals surface area contributed by atoms with E-state index in [1.807, 2.05) is 23.5 Å². The van der Waals surface area contributed by atoms with Crippen molar-refractivity contribution in [2.75, 3.05) is 12.4 Å². The molecule has 0 aromatic heterocycles. The lowest BCUT2D eigenvalue weighted by Crippen LogP contribution is -2.06. The highest BCUT2D eigenvalue weighted by Crippen LogP contribution is 2.40. The lowest BCUT2D eigenvalue weighted by Gasteiger charge is -2.08. The topological polar surface area (TPSA) is 20.2 Å². The molecule has 2 atom stereocenters. The number of hydrogen-bond donors (Lipinski definition) is 1. The molecule has 1 rings (SSSR count). The summed E-state index contributed by atoms with van der Waals surface area (Å²) >= 11 is 4.05. The molecule has 0 saturated carbocycles. The quantitative estimate of drug-likeness (QED) is 0.626. The van der Waals surface area contributed by atoms with Crippen LogP contribution in [-0.2, 0) is 0 Å². The fourth-order valence-corrected chi connectivity index (χ4v) is 5.28. The van der Waals surface area contributed by atoms with Gasteiger partial charge in [0, 0.05) is 11.0 Å². The van der Waals surface area contributed by atoms with E-state index in [-0.39, 0.29) is 0 Å². The number of aliphatic hydroxyl groups is 1. The van der Waals surface area contributed by atoms with Crippen LogP contribution in [0.25, 0.3) is 0 Å². The summed E-state index contributed by atoms with van der Waals surface area (Å²) in [4.78, 5) is 0. The second-order valence-corrected chi connectivity index (χ2v) is 7.66. The van der Waals surface area contributed by atoms with Gasteiger partial charge in [-0.1, -0.05) is 51.9 Å². The SMILES string of the molecule is CCCCCCCCC[C@@H]1SC[C@@H](CO)S1. The van der Waals surface area contributed by atoms with Crippen LogP contribution in [0.5, 0.6) is 0 Å². The smallest absolute Gasteiger partial charge is 0.0558 e. The van der Waals surface area contributed by atoms with Gasteiger partial charge in [0.25, 0.3) is 0 Å². The van der Waals surface area contributed by atoms with Gasteiger partial charge in [0.1, 0.15) is 0 Å². The van der Waals surface area contributed by atoms with Crippen molar-refractivity contribution in [2.45, 2.75) is 68.1 Å². The van der Waals surface area contributed by atoms with Gasteiger partial charge in [0.15, 0.2) is 0 Å². The number of aliphatic hydroxyl groups excluding tert-OH is 1. The normalized spacial score (nSPS) is 25.1. The number of rotatable bonds is 9. The maximum absolute atomic E-state index is 9.04. The summed E-state index contributed by atoms with van der Waals surface area (Å²) < 4.78 is 0.771. The van der Waals surface area contributed by atoms with Crippen molar-refractivity contribution in [3.8, 4) is 0 Å². The van der Waals surface area contributed by atoms with E-state index in [1.54, 1.807) is 0 Å². The average Bonchev–Trinajstić information content (AvgIpc) is 2.76. The molecule has 0 amide bonds. The first-order chi connectivity index (χ1) is 7.86. The predicted octanol–water partition coefficient (Wildman–Crippen LogP) is 4.29. The van der Waals surface area contributed by atoms with Gasteiger partial charge in [-0.2, -0.15) is 0 Å². The molecule has 1 aliphatic rings. The summed E-state index contributed by atoms with van der Waals surface area (Å²) in [6.07, 6.45) is 11.2. The molecule has 1 N–H and O–H groups in total. The minimum absolute atomic E-state index is 0.366. The lowest BCUT2D eigenvalue weighted by molar-refractivity contribution is 0.301. The number of thioether (sulfide) groups is 2. The van der Waals surface area contributed by atoms with Crippen molar-refractivity contribution in [2.24, 2.45) is 0 Å². The van der Waals surface area contributed by atoms with Crippen LogP contribution in [0.2, 0.25) is 0 Å². The molecule has 3 heteroatoms. The van der Waals surface area contributed by atoms with E-state index in [2.05, 4.69) is 6.92 Å². The number of hydrogen-bond acceptors (Lipinski definition) is 3. The van der Waals surface area contributed by atoms with Crippen LogP contribution < -0.4 is 0 Å². The molecule has 1 saturated heterocycles. The van der Waals surface area contributed by atoms with Crippen molar-refractivity contribution in [1.82, 2.24) is 0 Å². The van der Waals surface area contributed by atoms with Gasteiger partial charge in [-0.3, -0.25) is 0 Å². The Morgan fingerprint density at radius 3 is 2.38 bits per heavy atom. The molecule has 0 aromatic carbocycles. The van der Waals surface area contributed by atoms with Crippen LogP contribution in [0.1, 0.15) is 58.3 Å². The van der Waals surface area contributed by atoms with E-state index in [1.165, 1.54) is 51.4 Å². The molecule has 0 spiro atoms. The zero-order valence-corrected chi connectivity index (χ0v) is 12.1. The van der Waals surface area contributed by atoms with Gasteiger partial charge >= 0.3 is 0 Å². The van der Waals surface area contributed by atoms with Crippen molar-refractivity contribution in [3.05, 3.63) is 0 Å². The minimum atomic E-state index is 0.366. The van der Waals surface area contributed by atoms with Crippen LogP contribution in [0.15, 0.2) is 0 Å². The van der Waals surface area contributed by atoms with Crippen LogP contribution in [0.3, 0.4) is 0 Å². The highest BCUT2D eigenvalue weighted by molar-refractivity contribution is 8.20. The Morgan fingerprint density at radius 1 is 1.06 bits per heavy atom. The third-order valence-electron chi connectivity index (χ3n) is 3.06. The van der Waals surface area contributed by atoms with Crippen LogP contribution in [0, 0.1) is 0 Å². The molecule has 1 aliphatic heterocycles. The van der Waals surface area contributed by atoms with Crippen molar-refractivity contribution in [1.29, 1.82) is 0 Å². The van der Waals surface area contributed by atoms with E-state index < -0.39 is 0 Å². The summed E-state index contributed by atoms with van der Waals surface area (Å²) in [5, 5.41) is 9.56. The van der Waals surface area contributed by atoms with Gasteiger partial charge in [0.2, 0.25) is 0 Å².